The van der Waals surface area contributed by atoms with E-state index in [0.29, 0.717) is 31.8 Å². The van der Waals surface area contributed by atoms with Gasteiger partial charge in [0.15, 0.2) is 0 Å². The predicted octanol–water partition coefficient (Wildman–Crippen LogP) is 1.94. The number of nitrogens with one attached hydrogen (secondary N) is 2. The Kier molecular flexibility index (Phi) is 5.11. The lowest BCUT2D eigenvalue weighted by Crippen LogP contribution is -2.61. The summed E-state index contributed by atoms with van der Waals surface area (Å²) in [5.74, 6) is 0.414. The van der Waals surface area contributed by atoms with Gasteiger partial charge >= 0.3 is 0 Å². The molecule has 2 amide bonds. The lowest BCUT2D eigenvalue weighted by atomic mass is 9.99. The molecule has 0 bridgehead atoms. The molecule has 3 atom stereocenters. The number of halogens is 1. The van der Waals surface area contributed by atoms with Crippen molar-refractivity contribution in [3.8, 4) is 0 Å². The van der Waals surface area contributed by atoms with Crippen LogP contribution in [0.15, 0.2) is 24.3 Å². The van der Waals surface area contributed by atoms with Crippen molar-refractivity contribution < 1.29 is 9.59 Å². The highest BCUT2D eigenvalue weighted by atomic mass is 35.5. The first-order chi connectivity index (χ1) is 11.4. The van der Waals surface area contributed by atoms with Crippen LogP contribution in [0.3, 0.4) is 0 Å². The fourth-order valence-electron chi connectivity index (χ4n) is 3.50. The number of hydrogen-bond acceptors (Lipinski definition) is 3. The van der Waals surface area contributed by atoms with Crippen LogP contribution in [0.2, 0.25) is 5.02 Å². The third-order valence-corrected chi connectivity index (χ3v) is 4.97. The van der Waals surface area contributed by atoms with Crippen molar-refractivity contribution in [2.75, 3.05) is 6.54 Å². The summed E-state index contributed by atoms with van der Waals surface area (Å²) < 4.78 is 0. The molecule has 1 aromatic rings. The van der Waals surface area contributed by atoms with Gasteiger partial charge in [-0.2, -0.15) is 0 Å². The van der Waals surface area contributed by atoms with Gasteiger partial charge in [-0.1, -0.05) is 37.6 Å². The molecule has 2 heterocycles. The van der Waals surface area contributed by atoms with Crippen molar-refractivity contribution in [2.45, 2.75) is 51.4 Å². The lowest BCUT2D eigenvalue weighted by molar-refractivity contribution is -0.147. The number of piperazine rings is 1. The van der Waals surface area contributed by atoms with Crippen molar-refractivity contribution in [2.24, 2.45) is 5.92 Å². The van der Waals surface area contributed by atoms with E-state index in [-0.39, 0.29) is 29.9 Å². The van der Waals surface area contributed by atoms with Crippen LogP contribution < -0.4 is 10.6 Å². The maximum atomic E-state index is 12.6. The maximum Gasteiger partial charge on any atom is 0.245 e. The van der Waals surface area contributed by atoms with E-state index < -0.39 is 0 Å². The number of fused-ring (bicyclic) bond motifs is 1. The van der Waals surface area contributed by atoms with Gasteiger partial charge in [0.2, 0.25) is 11.8 Å². The first kappa shape index (κ1) is 17.2. The molecule has 1 aromatic carbocycles. The minimum atomic E-state index is -0.372. The third-order valence-electron chi connectivity index (χ3n) is 4.72. The topological polar surface area (TPSA) is 61.4 Å². The molecule has 0 radical (unpaired) electrons. The van der Waals surface area contributed by atoms with Gasteiger partial charge in [-0.15, -0.1) is 0 Å². The third kappa shape index (κ3) is 3.73. The summed E-state index contributed by atoms with van der Waals surface area (Å²) >= 11 is 5.89. The zero-order valence-electron chi connectivity index (χ0n) is 14.1. The summed E-state index contributed by atoms with van der Waals surface area (Å²) in [6, 6.07) is 7.13. The maximum absolute atomic E-state index is 12.6. The van der Waals surface area contributed by atoms with Crippen LogP contribution in [-0.2, 0) is 16.1 Å². The highest BCUT2D eigenvalue weighted by Crippen LogP contribution is 2.25. The summed E-state index contributed by atoms with van der Waals surface area (Å²) in [4.78, 5) is 26.7. The number of carbonyl (C=O) groups is 2. The number of amides is 2. The Morgan fingerprint density at radius 1 is 1.29 bits per heavy atom. The largest absolute Gasteiger partial charge is 0.342 e. The molecule has 130 valence electrons. The zero-order chi connectivity index (χ0) is 17.3. The average molecular weight is 350 g/mol. The summed E-state index contributed by atoms with van der Waals surface area (Å²) in [6.07, 6.45) is 1.36. The van der Waals surface area contributed by atoms with Crippen LogP contribution in [0.1, 0.15) is 32.3 Å². The Bertz CT molecular complexity index is 617. The number of nitrogens with zero attached hydrogens (tertiary/aromatic N) is 1. The second-order valence-corrected chi connectivity index (χ2v) is 7.57. The summed E-state index contributed by atoms with van der Waals surface area (Å²) in [5, 5.41) is 7.07. The van der Waals surface area contributed by atoms with E-state index in [1.54, 1.807) is 4.90 Å². The molecule has 2 saturated heterocycles. The molecule has 2 fully saturated rings. The monoisotopic (exact) mass is 349 g/mol. The lowest BCUT2D eigenvalue weighted by Gasteiger charge is -2.35. The highest BCUT2D eigenvalue weighted by Gasteiger charge is 2.46. The van der Waals surface area contributed by atoms with Crippen molar-refractivity contribution in [1.82, 2.24) is 15.5 Å². The molecule has 24 heavy (non-hydrogen) atoms. The zero-order valence-corrected chi connectivity index (χ0v) is 14.8. The smallest absolute Gasteiger partial charge is 0.245 e. The summed E-state index contributed by atoms with van der Waals surface area (Å²) in [7, 11) is 0. The van der Waals surface area contributed by atoms with Gasteiger partial charge in [-0.05, 0) is 36.5 Å². The second kappa shape index (κ2) is 7.11. The van der Waals surface area contributed by atoms with Gasteiger partial charge in [0.1, 0.15) is 12.1 Å². The molecule has 3 rings (SSSR count). The predicted molar refractivity (Wildman–Crippen MR) is 93.6 cm³/mol. The van der Waals surface area contributed by atoms with Gasteiger partial charge < -0.3 is 15.5 Å². The molecular weight excluding hydrogens is 326 g/mol. The Morgan fingerprint density at radius 3 is 2.67 bits per heavy atom. The molecule has 0 aromatic heterocycles. The molecule has 5 nitrogen and oxygen atoms in total. The van der Waals surface area contributed by atoms with E-state index in [0.717, 1.165) is 10.6 Å². The fraction of sp³-hybridized carbons (Fsp3) is 0.556. The molecule has 0 spiro atoms. The molecule has 0 unspecified atom stereocenters. The Morgan fingerprint density at radius 2 is 2.00 bits per heavy atom. The molecule has 2 aliphatic heterocycles. The number of rotatable bonds is 5. The Hall–Kier alpha value is -1.59. The van der Waals surface area contributed by atoms with Crippen LogP contribution in [0, 0.1) is 5.92 Å². The quantitative estimate of drug-likeness (QED) is 0.854. The molecule has 2 aliphatic rings. The van der Waals surface area contributed by atoms with Gasteiger partial charge in [0, 0.05) is 24.2 Å². The Balaban J connectivity index is 1.59. The minimum Gasteiger partial charge on any atom is -0.342 e. The van der Waals surface area contributed by atoms with Gasteiger partial charge in [-0.3, -0.25) is 9.59 Å². The summed E-state index contributed by atoms with van der Waals surface area (Å²) in [6.45, 7) is 5.42. The highest BCUT2D eigenvalue weighted by molar-refractivity contribution is 6.30. The van der Waals surface area contributed by atoms with Crippen LogP contribution in [0.4, 0.5) is 0 Å². The Labute approximate surface area is 147 Å². The SMILES string of the molecule is CC(C)C[C@H]1NC(=O)[C@@H]2C[C@H](NCc3ccc(Cl)cc3)CN2C1=O. The first-order valence-electron chi connectivity index (χ1n) is 8.52. The van der Waals surface area contributed by atoms with Crippen molar-refractivity contribution in [3.63, 3.8) is 0 Å². The fourth-order valence-corrected chi connectivity index (χ4v) is 3.63. The van der Waals surface area contributed by atoms with E-state index in [2.05, 4.69) is 24.5 Å². The van der Waals surface area contributed by atoms with Crippen LogP contribution in [0.25, 0.3) is 0 Å². The standard InChI is InChI=1S/C18H24ClN3O2/c1-11(2)7-15-18(24)22-10-14(8-16(22)17(23)21-15)20-9-12-3-5-13(19)6-4-12/h3-6,11,14-16,20H,7-10H2,1-2H3,(H,21,23)/t14-,15+,16-/m0/s1. The van der Waals surface area contributed by atoms with Crippen LogP contribution >= 0.6 is 11.6 Å². The molecule has 0 saturated carbocycles. The van der Waals surface area contributed by atoms with E-state index in [1.165, 1.54) is 0 Å². The van der Waals surface area contributed by atoms with Crippen molar-refractivity contribution in [1.29, 1.82) is 0 Å². The number of hydrogen-bond donors (Lipinski definition) is 2. The van der Waals surface area contributed by atoms with E-state index >= 15 is 0 Å². The number of benzene rings is 1. The first-order valence-corrected chi connectivity index (χ1v) is 8.90. The van der Waals surface area contributed by atoms with Gasteiger partial charge in [-0.25, -0.2) is 0 Å². The summed E-state index contributed by atoms with van der Waals surface area (Å²) in [5.41, 5.74) is 1.14. The molecule has 2 N–H and O–H groups in total. The van der Waals surface area contributed by atoms with Crippen LogP contribution in [-0.4, -0.2) is 41.4 Å². The molecule has 0 aliphatic carbocycles. The minimum absolute atomic E-state index is 0.0176. The molecular formula is C18H24ClN3O2. The number of carbonyl (C=O) groups excluding carboxylic acids is 2. The van der Waals surface area contributed by atoms with Gasteiger partial charge in [0.25, 0.3) is 0 Å². The van der Waals surface area contributed by atoms with Crippen molar-refractivity contribution >= 4 is 23.4 Å². The normalized spacial score (nSPS) is 26.7. The molecule has 6 heteroatoms. The average Bonchev–Trinajstić information content (AvgIpc) is 2.96. The van der Waals surface area contributed by atoms with Crippen molar-refractivity contribution in [3.05, 3.63) is 34.9 Å². The van der Waals surface area contributed by atoms with E-state index in [9.17, 15) is 9.59 Å². The van der Waals surface area contributed by atoms with E-state index in [4.69, 9.17) is 11.6 Å². The van der Waals surface area contributed by atoms with Crippen LogP contribution in [0.5, 0.6) is 0 Å². The van der Waals surface area contributed by atoms with Gasteiger partial charge in [0.05, 0.1) is 0 Å². The second-order valence-electron chi connectivity index (χ2n) is 7.14. The van der Waals surface area contributed by atoms with E-state index in [1.807, 2.05) is 24.3 Å².